The molecule has 0 saturated heterocycles. The lowest BCUT2D eigenvalue weighted by Gasteiger charge is -2.21. The smallest absolute Gasteiger partial charge is 0.419 e. The van der Waals surface area contributed by atoms with Crippen molar-refractivity contribution in [2.45, 2.75) is 18.7 Å². The maximum atomic E-state index is 12.8. The maximum absolute atomic E-state index is 12.8. The van der Waals surface area contributed by atoms with Gasteiger partial charge in [-0.1, -0.05) is 34.1 Å². The summed E-state index contributed by atoms with van der Waals surface area (Å²) in [6.45, 7) is 2.21. The average Bonchev–Trinajstić information content (AvgIpc) is 3.11. The van der Waals surface area contributed by atoms with Gasteiger partial charge in [0.15, 0.2) is 0 Å². The van der Waals surface area contributed by atoms with Crippen molar-refractivity contribution in [1.29, 1.82) is 0 Å². The number of carbonyl (C=O) groups excluding carboxylic acids is 2. The molecule has 0 aliphatic carbocycles. The van der Waals surface area contributed by atoms with E-state index in [4.69, 9.17) is 9.47 Å². The summed E-state index contributed by atoms with van der Waals surface area (Å²) in [5.74, 6) is 0.0448. The lowest BCUT2D eigenvalue weighted by Crippen LogP contribution is -2.35. The van der Waals surface area contributed by atoms with Crippen molar-refractivity contribution in [1.82, 2.24) is 4.98 Å². The number of carbonyl (C=O) groups is 2. The number of thiazole rings is 1. The maximum Gasteiger partial charge on any atom is 0.419 e. The number of fused-ring (bicyclic) bond motifs is 1. The molecule has 6 nitrogen and oxygen atoms in total. The van der Waals surface area contributed by atoms with Gasteiger partial charge in [0.25, 0.3) is 0 Å². The van der Waals surface area contributed by atoms with Crippen LogP contribution in [0.4, 0.5) is 10.5 Å². The van der Waals surface area contributed by atoms with Crippen molar-refractivity contribution >= 4 is 55.2 Å². The Labute approximate surface area is 175 Å². The standard InChI is InChI=1S/C20H19BrN2O4S/c1-2-26-19(24)10-11-23(14-6-4-3-5-7-14)20(25)27-15-8-9-17-16(12-15)22-18(13-21)28-17/h3-9,12H,2,10-11,13H2,1H3. The Morgan fingerprint density at radius 1 is 1.18 bits per heavy atom. The highest BCUT2D eigenvalue weighted by atomic mass is 79.9. The summed E-state index contributed by atoms with van der Waals surface area (Å²) in [6.07, 6.45) is -0.483. The van der Waals surface area contributed by atoms with Crippen LogP contribution in [-0.2, 0) is 14.9 Å². The van der Waals surface area contributed by atoms with Crippen molar-refractivity contribution in [2.24, 2.45) is 0 Å². The second-order valence-corrected chi connectivity index (χ2v) is 7.46. The monoisotopic (exact) mass is 462 g/mol. The van der Waals surface area contributed by atoms with Gasteiger partial charge in [0.05, 0.1) is 28.6 Å². The highest BCUT2D eigenvalue weighted by Gasteiger charge is 2.20. The molecule has 146 valence electrons. The van der Waals surface area contributed by atoms with Crippen molar-refractivity contribution in [2.75, 3.05) is 18.1 Å². The Hall–Kier alpha value is -2.45. The van der Waals surface area contributed by atoms with Crippen LogP contribution in [0.15, 0.2) is 48.5 Å². The first-order valence-corrected chi connectivity index (χ1v) is 10.7. The molecule has 3 aromatic rings. The summed E-state index contributed by atoms with van der Waals surface area (Å²) < 4.78 is 11.5. The topological polar surface area (TPSA) is 68.7 Å². The molecule has 3 rings (SSSR count). The number of halogens is 1. The van der Waals surface area contributed by atoms with Gasteiger partial charge < -0.3 is 9.47 Å². The minimum Gasteiger partial charge on any atom is -0.466 e. The number of nitrogens with zero attached hydrogens (tertiary/aromatic N) is 2. The van der Waals surface area contributed by atoms with Gasteiger partial charge in [-0.25, -0.2) is 9.78 Å². The van der Waals surface area contributed by atoms with E-state index in [1.165, 1.54) is 4.90 Å². The van der Waals surface area contributed by atoms with Crippen molar-refractivity contribution < 1.29 is 19.1 Å². The third-order valence-electron chi connectivity index (χ3n) is 3.86. The molecule has 1 aromatic heterocycles. The highest BCUT2D eigenvalue weighted by Crippen LogP contribution is 2.27. The highest BCUT2D eigenvalue weighted by molar-refractivity contribution is 9.08. The molecule has 0 atom stereocenters. The van der Waals surface area contributed by atoms with Crippen LogP contribution in [0.2, 0.25) is 0 Å². The molecule has 0 N–H and O–H groups in total. The molecule has 0 radical (unpaired) electrons. The van der Waals surface area contributed by atoms with Gasteiger partial charge in [-0.15, -0.1) is 11.3 Å². The molecule has 0 unspecified atom stereocenters. The number of ether oxygens (including phenoxy) is 2. The second kappa shape index (κ2) is 9.66. The summed E-state index contributed by atoms with van der Waals surface area (Å²) >= 11 is 4.98. The fraction of sp³-hybridized carbons (Fsp3) is 0.250. The Morgan fingerprint density at radius 2 is 1.96 bits per heavy atom. The third-order valence-corrected chi connectivity index (χ3v) is 5.79. The predicted molar refractivity (Wildman–Crippen MR) is 113 cm³/mol. The molecular formula is C20H19BrN2O4S. The van der Waals surface area contributed by atoms with Crippen LogP contribution in [0.25, 0.3) is 10.2 Å². The number of rotatable bonds is 7. The average molecular weight is 463 g/mol. The van der Waals surface area contributed by atoms with Crippen LogP contribution in [-0.4, -0.2) is 30.2 Å². The number of alkyl halides is 1. The zero-order valence-electron chi connectivity index (χ0n) is 15.3. The number of amides is 1. The van der Waals surface area contributed by atoms with Crippen molar-refractivity contribution in [3.8, 4) is 5.75 Å². The first-order chi connectivity index (χ1) is 13.6. The quantitative estimate of drug-likeness (QED) is 0.358. The molecule has 0 bridgehead atoms. The first kappa shape index (κ1) is 20.3. The van der Waals surface area contributed by atoms with E-state index >= 15 is 0 Å². The van der Waals surface area contributed by atoms with Crippen LogP contribution in [0.5, 0.6) is 5.75 Å². The molecule has 1 heterocycles. The van der Waals surface area contributed by atoms with Gasteiger partial charge in [-0.3, -0.25) is 9.69 Å². The molecule has 1 amide bonds. The van der Waals surface area contributed by atoms with E-state index in [1.54, 1.807) is 42.5 Å². The Bertz CT molecular complexity index is 961. The number of anilines is 1. The molecule has 8 heteroatoms. The molecule has 0 aliphatic heterocycles. The fourth-order valence-electron chi connectivity index (χ4n) is 2.60. The fourth-order valence-corrected chi connectivity index (χ4v) is 3.87. The molecule has 0 fully saturated rings. The zero-order valence-corrected chi connectivity index (χ0v) is 17.7. The van der Waals surface area contributed by atoms with Crippen LogP contribution in [0, 0.1) is 0 Å². The van der Waals surface area contributed by atoms with Crippen LogP contribution in [0.3, 0.4) is 0 Å². The van der Waals surface area contributed by atoms with E-state index < -0.39 is 6.09 Å². The number of hydrogen-bond donors (Lipinski definition) is 0. The number of esters is 1. The number of para-hydroxylation sites is 1. The Kier molecular flexibility index (Phi) is 7.00. The lowest BCUT2D eigenvalue weighted by atomic mass is 10.3. The minimum absolute atomic E-state index is 0.0809. The Morgan fingerprint density at radius 3 is 2.68 bits per heavy atom. The van der Waals surface area contributed by atoms with Gasteiger partial charge in [0.2, 0.25) is 0 Å². The number of hydrogen-bond acceptors (Lipinski definition) is 6. The molecule has 0 spiro atoms. The summed E-state index contributed by atoms with van der Waals surface area (Å²) in [5.41, 5.74) is 1.43. The third kappa shape index (κ3) is 5.08. The number of benzene rings is 2. The van der Waals surface area contributed by atoms with E-state index in [1.807, 2.05) is 24.3 Å². The largest absolute Gasteiger partial charge is 0.466 e. The van der Waals surface area contributed by atoms with E-state index in [2.05, 4.69) is 20.9 Å². The lowest BCUT2D eigenvalue weighted by molar-refractivity contribution is -0.142. The summed E-state index contributed by atoms with van der Waals surface area (Å²) in [7, 11) is 0. The van der Waals surface area contributed by atoms with E-state index in [9.17, 15) is 9.59 Å². The summed E-state index contributed by atoms with van der Waals surface area (Å²) in [6, 6.07) is 14.4. The van der Waals surface area contributed by atoms with E-state index in [-0.39, 0.29) is 18.9 Å². The minimum atomic E-state index is -0.564. The Balaban J connectivity index is 1.77. The molecular weight excluding hydrogens is 444 g/mol. The first-order valence-electron chi connectivity index (χ1n) is 8.76. The van der Waals surface area contributed by atoms with Crippen LogP contribution >= 0.6 is 27.3 Å². The SMILES string of the molecule is CCOC(=O)CCN(C(=O)Oc1ccc2sc(CBr)nc2c1)c1ccccc1. The normalized spacial score (nSPS) is 10.6. The van der Waals surface area contributed by atoms with Gasteiger partial charge in [-0.05, 0) is 31.2 Å². The molecule has 0 saturated carbocycles. The predicted octanol–water partition coefficient (Wildman–Crippen LogP) is 5.15. The van der Waals surface area contributed by atoms with E-state index in [0.29, 0.717) is 23.4 Å². The van der Waals surface area contributed by atoms with Crippen molar-refractivity contribution in [3.05, 3.63) is 53.5 Å². The number of aromatic nitrogens is 1. The summed E-state index contributed by atoms with van der Waals surface area (Å²) in [5, 5.41) is 1.63. The molecule has 2 aromatic carbocycles. The molecule has 28 heavy (non-hydrogen) atoms. The van der Waals surface area contributed by atoms with Crippen LogP contribution in [0.1, 0.15) is 18.4 Å². The van der Waals surface area contributed by atoms with Gasteiger partial charge in [-0.2, -0.15) is 0 Å². The summed E-state index contributed by atoms with van der Waals surface area (Å²) in [4.78, 5) is 30.4. The molecule has 0 aliphatic rings. The van der Waals surface area contributed by atoms with Gasteiger partial charge in [0.1, 0.15) is 10.8 Å². The zero-order chi connectivity index (χ0) is 19.9. The second-order valence-electron chi connectivity index (χ2n) is 5.78. The van der Waals surface area contributed by atoms with Crippen LogP contribution < -0.4 is 9.64 Å². The van der Waals surface area contributed by atoms with E-state index in [0.717, 1.165) is 15.2 Å². The van der Waals surface area contributed by atoms with Crippen molar-refractivity contribution in [3.63, 3.8) is 0 Å². The van der Waals surface area contributed by atoms with Gasteiger partial charge >= 0.3 is 12.1 Å². The van der Waals surface area contributed by atoms with Gasteiger partial charge in [0, 0.05) is 18.3 Å².